The van der Waals surface area contributed by atoms with Crippen molar-refractivity contribution in [3.05, 3.63) is 108 Å². The van der Waals surface area contributed by atoms with E-state index in [-0.39, 0.29) is 0 Å². The van der Waals surface area contributed by atoms with Crippen LogP contribution >= 0.6 is 11.8 Å². The van der Waals surface area contributed by atoms with E-state index in [9.17, 15) is 5.11 Å². The lowest BCUT2D eigenvalue weighted by Gasteiger charge is -2.20. The molecule has 3 nitrogen and oxygen atoms in total. The summed E-state index contributed by atoms with van der Waals surface area (Å²) in [6.45, 7) is 2.05. The van der Waals surface area contributed by atoms with Crippen molar-refractivity contribution in [1.82, 2.24) is 0 Å². The molecule has 0 aliphatic carbocycles. The maximum Gasteiger partial charge on any atom is 0.307 e. The number of rotatable bonds is 5. The Morgan fingerprint density at radius 2 is 1.50 bits per heavy atom. The predicted octanol–water partition coefficient (Wildman–Crippen LogP) is 5.34. The van der Waals surface area contributed by atoms with E-state index in [0.29, 0.717) is 5.75 Å². The largest absolute Gasteiger partial charge is 0.359 e. The van der Waals surface area contributed by atoms with Gasteiger partial charge in [-0.25, -0.2) is 0 Å². The molecule has 4 rings (SSSR count). The summed E-state index contributed by atoms with van der Waals surface area (Å²) in [5, 5.41) is 16.1. The van der Waals surface area contributed by atoms with Gasteiger partial charge in [0.15, 0.2) is 0 Å². The maximum atomic E-state index is 11.7. The van der Waals surface area contributed by atoms with Gasteiger partial charge in [-0.2, -0.15) is 4.58 Å². The monoisotopic (exact) mass is 387 g/mol. The SMILES string of the molecule is C/C(=C\C1=[N+](c2ccccc2)[C@](O)(c2ccccc2)CS1)Nc1ccccc1. The maximum absolute atomic E-state index is 11.7. The van der Waals surface area contributed by atoms with Gasteiger partial charge in [0, 0.05) is 29.6 Å². The van der Waals surface area contributed by atoms with E-state index >= 15 is 0 Å². The van der Waals surface area contributed by atoms with Crippen LogP contribution in [0, 0.1) is 0 Å². The fraction of sp³-hybridized carbons (Fsp3) is 0.125. The number of allylic oxidation sites excluding steroid dienone is 1. The molecule has 0 saturated heterocycles. The molecule has 0 unspecified atom stereocenters. The Hall–Kier alpha value is -2.82. The molecular formula is C24H23N2OS+. The van der Waals surface area contributed by atoms with Crippen LogP contribution in [0.3, 0.4) is 0 Å². The summed E-state index contributed by atoms with van der Waals surface area (Å²) >= 11 is 1.66. The molecule has 28 heavy (non-hydrogen) atoms. The van der Waals surface area contributed by atoms with Crippen molar-refractivity contribution in [1.29, 1.82) is 0 Å². The minimum Gasteiger partial charge on any atom is -0.359 e. The number of benzene rings is 3. The summed E-state index contributed by atoms with van der Waals surface area (Å²) in [6, 6.07) is 30.1. The first-order chi connectivity index (χ1) is 13.7. The highest BCUT2D eigenvalue weighted by atomic mass is 32.2. The van der Waals surface area contributed by atoms with Gasteiger partial charge >= 0.3 is 5.72 Å². The molecule has 1 heterocycles. The first kappa shape index (κ1) is 18.5. The summed E-state index contributed by atoms with van der Waals surface area (Å²) in [4.78, 5) is 0. The molecule has 0 aromatic heterocycles. The molecule has 1 aliphatic rings. The van der Waals surface area contributed by atoms with Crippen LogP contribution in [0.5, 0.6) is 0 Å². The van der Waals surface area contributed by atoms with E-state index in [2.05, 4.69) is 11.4 Å². The van der Waals surface area contributed by atoms with Gasteiger partial charge < -0.3 is 10.4 Å². The molecule has 1 atom stereocenters. The summed E-state index contributed by atoms with van der Waals surface area (Å²) in [7, 11) is 0. The average molecular weight is 388 g/mol. The Morgan fingerprint density at radius 3 is 2.14 bits per heavy atom. The van der Waals surface area contributed by atoms with E-state index in [1.165, 1.54) is 0 Å². The van der Waals surface area contributed by atoms with Gasteiger partial charge in [0.2, 0.25) is 10.7 Å². The molecule has 0 amide bonds. The minimum absolute atomic E-state index is 0.566. The van der Waals surface area contributed by atoms with Crippen LogP contribution in [0.1, 0.15) is 12.5 Å². The van der Waals surface area contributed by atoms with E-state index in [1.54, 1.807) is 11.8 Å². The molecule has 0 fully saturated rings. The van der Waals surface area contributed by atoms with Crippen LogP contribution in [-0.2, 0) is 5.72 Å². The van der Waals surface area contributed by atoms with Gasteiger partial charge in [0.25, 0.3) is 0 Å². The first-order valence-corrected chi connectivity index (χ1v) is 10.3. The number of aliphatic hydroxyl groups is 1. The Labute approximate surface area is 170 Å². The molecule has 140 valence electrons. The van der Waals surface area contributed by atoms with Crippen LogP contribution in [0.4, 0.5) is 11.4 Å². The lowest BCUT2D eigenvalue weighted by Crippen LogP contribution is -2.36. The first-order valence-electron chi connectivity index (χ1n) is 9.30. The van der Waals surface area contributed by atoms with E-state index in [0.717, 1.165) is 27.7 Å². The molecule has 0 radical (unpaired) electrons. The molecule has 2 N–H and O–H groups in total. The van der Waals surface area contributed by atoms with Crippen LogP contribution in [-0.4, -0.2) is 20.5 Å². The van der Waals surface area contributed by atoms with Crippen molar-refractivity contribution in [3.8, 4) is 0 Å². The molecule has 3 aromatic carbocycles. The molecule has 0 bridgehead atoms. The number of hydrogen-bond acceptors (Lipinski definition) is 3. The van der Waals surface area contributed by atoms with Gasteiger partial charge in [-0.15, -0.1) is 0 Å². The van der Waals surface area contributed by atoms with Crippen molar-refractivity contribution in [2.45, 2.75) is 12.6 Å². The van der Waals surface area contributed by atoms with E-state index in [1.807, 2.05) is 102 Å². The standard InChI is InChI=1S/C24H22N2OS/c1-19(25-21-13-7-3-8-14-21)17-23-26(22-15-9-4-10-16-22)24(27,18-28-23)20-11-5-2-6-12-20/h2-17,27H,18H2,1H3/p+1/t24-/m1/s1. The average Bonchev–Trinajstić information content (AvgIpc) is 3.07. The predicted molar refractivity (Wildman–Crippen MR) is 118 cm³/mol. The summed E-state index contributed by atoms with van der Waals surface area (Å²) in [5.74, 6) is 0.566. The third kappa shape index (κ3) is 3.75. The third-order valence-corrected chi connectivity index (χ3v) is 5.86. The van der Waals surface area contributed by atoms with Crippen LogP contribution in [0.25, 0.3) is 0 Å². The Morgan fingerprint density at radius 1 is 0.929 bits per heavy atom. The smallest absolute Gasteiger partial charge is 0.307 e. The van der Waals surface area contributed by atoms with E-state index in [4.69, 9.17) is 0 Å². The molecule has 1 aliphatic heterocycles. The topological polar surface area (TPSA) is 35.3 Å². The second kappa shape index (κ2) is 8.05. The number of nitrogens with zero attached hydrogens (tertiary/aromatic N) is 1. The van der Waals surface area contributed by atoms with Crippen molar-refractivity contribution in [3.63, 3.8) is 0 Å². The van der Waals surface area contributed by atoms with Crippen molar-refractivity contribution in [2.75, 3.05) is 11.1 Å². The van der Waals surface area contributed by atoms with Crippen LogP contribution in [0.2, 0.25) is 0 Å². The van der Waals surface area contributed by atoms with Crippen molar-refractivity contribution >= 4 is 28.2 Å². The molecular weight excluding hydrogens is 364 g/mol. The number of thioether (sulfide) groups is 1. The van der Waals surface area contributed by atoms with Gasteiger partial charge in [-0.05, 0) is 43.0 Å². The number of para-hydroxylation sites is 2. The molecule has 4 heteroatoms. The molecule has 3 aromatic rings. The Kier molecular flexibility index (Phi) is 5.33. The van der Waals surface area contributed by atoms with Gasteiger partial charge in [-0.3, -0.25) is 0 Å². The van der Waals surface area contributed by atoms with Crippen molar-refractivity contribution in [2.24, 2.45) is 0 Å². The highest BCUT2D eigenvalue weighted by Crippen LogP contribution is 2.39. The summed E-state index contributed by atoms with van der Waals surface area (Å²) in [6.07, 6.45) is 2.10. The highest BCUT2D eigenvalue weighted by molar-refractivity contribution is 8.14. The zero-order valence-corrected chi connectivity index (χ0v) is 16.6. The third-order valence-electron chi connectivity index (χ3n) is 4.72. The van der Waals surface area contributed by atoms with Crippen LogP contribution < -0.4 is 5.32 Å². The Bertz CT molecular complexity index is 1000. The normalized spacial score (nSPS) is 19.7. The van der Waals surface area contributed by atoms with E-state index < -0.39 is 5.72 Å². The minimum atomic E-state index is -1.09. The number of nitrogens with one attached hydrogen (secondary N) is 1. The lowest BCUT2D eigenvalue weighted by atomic mass is 10.0. The Balaban J connectivity index is 1.78. The summed E-state index contributed by atoms with van der Waals surface area (Å²) < 4.78 is 2.03. The molecule has 0 spiro atoms. The quantitative estimate of drug-likeness (QED) is 0.580. The van der Waals surface area contributed by atoms with Gasteiger partial charge in [0.05, 0.1) is 5.56 Å². The fourth-order valence-electron chi connectivity index (χ4n) is 3.40. The van der Waals surface area contributed by atoms with Crippen molar-refractivity contribution < 1.29 is 9.68 Å². The fourth-order valence-corrected chi connectivity index (χ4v) is 4.69. The number of anilines is 1. The summed E-state index contributed by atoms with van der Waals surface area (Å²) in [5.41, 5.74) is 2.84. The number of hydrogen-bond donors (Lipinski definition) is 2. The van der Waals surface area contributed by atoms with Gasteiger partial charge in [-0.1, -0.05) is 54.6 Å². The highest BCUT2D eigenvalue weighted by Gasteiger charge is 2.50. The lowest BCUT2D eigenvalue weighted by molar-refractivity contribution is -0.592. The second-order valence-corrected chi connectivity index (χ2v) is 7.79. The second-order valence-electron chi connectivity index (χ2n) is 6.80. The van der Waals surface area contributed by atoms with Gasteiger partial charge in [0.1, 0.15) is 5.75 Å². The molecule has 0 saturated carbocycles. The zero-order chi connectivity index (χ0) is 19.4. The zero-order valence-electron chi connectivity index (χ0n) is 15.7. The van der Waals surface area contributed by atoms with Crippen LogP contribution in [0.15, 0.2) is 103 Å².